The van der Waals surface area contributed by atoms with Crippen molar-refractivity contribution in [3.8, 4) is 0 Å². The molecule has 18 heavy (non-hydrogen) atoms. The van der Waals surface area contributed by atoms with Gasteiger partial charge in [-0.3, -0.25) is 4.79 Å². The maximum atomic E-state index is 13.2. The third kappa shape index (κ3) is 2.84. The molecule has 1 aromatic carbocycles. The summed E-state index contributed by atoms with van der Waals surface area (Å²) in [6.45, 7) is 2.45. The van der Waals surface area contributed by atoms with Crippen LogP contribution in [0, 0.1) is 12.7 Å². The molecule has 1 heterocycles. The van der Waals surface area contributed by atoms with Gasteiger partial charge in [0.05, 0.1) is 12.1 Å². The topological polar surface area (TPSA) is 68.0 Å². The minimum absolute atomic E-state index is 0.115. The quantitative estimate of drug-likeness (QED) is 0.891. The number of nitrogens with zero attached hydrogens (tertiary/aromatic N) is 1. The summed E-state index contributed by atoms with van der Waals surface area (Å²) >= 11 is 1.54. The zero-order valence-corrected chi connectivity index (χ0v) is 10.6. The van der Waals surface area contributed by atoms with Gasteiger partial charge in [0, 0.05) is 16.8 Å². The van der Waals surface area contributed by atoms with Crippen molar-refractivity contribution < 1.29 is 9.18 Å². The Morgan fingerprint density at radius 3 is 2.94 bits per heavy atom. The average molecular weight is 265 g/mol. The summed E-state index contributed by atoms with van der Waals surface area (Å²) in [5.41, 5.74) is 6.57. The number of rotatable bonds is 4. The van der Waals surface area contributed by atoms with Crippen LogP contribution < -0.4 is 11.1 Å². The molecule has 3 N–H and O–H groups in total. The van der Waals surface area contributed by atoms with Crippen LogP contribution in [0.1, 0.15) is 21.1 Å². The van der Waals surface area contributed by atoms with E-state index in [4.69, 9.17) is 5.73 Å². The lowest BCUT2D eigenvalue weighted by Gasteiger charge is -2.06. The first-order chi connectivity index (χ1) is 8.56. The molecule has 0 atom stereocenters. The van der Waals surface area contributed by atoms with Crippen LogP contribution in [0.2, 0.25) is 0 Å². The number of anilines is 1. The molecule has 0 aliphatic rings. The number of halogens is 1. The van der Waals surface area contributed by atoms with Crippen LogP contribution >= 0.6 is 11.3 Å². The molecule has 1 aromatic heterocycles. The smallest absolute Gasteiger partial charge is 0.251 e. The summed E-state index contributed by atoms with van der Waals surface area (Å²) in [6, 6.07) is 4.18. The molecule has 0 saturated heterocycles. The van der Waals surface area contributed by atoms with E-state index in [9.17, 15) is 9.18 Å². The number of amides is 1. The SMILES string of the molecule is Cc1csc(CNc2ccc(F)c(C(N)=O)c2)n1. The molecule has 2 rings (SSSR count). The zero-order chi connectivity index (χ0) is 13.1. The van der Waals surface area contributed by atoms with Gasteiger partial charge in [0.2, 0.25) is 0 Å². The molecular formula is C12H12FN3OS. The monoisotopic (exact) mass is 265 g/mol. The van der Waals surface area contributed by atoms with Crippen molar-refractivity contribution in [3.63, 3.8) is 0 Å². The van der Waals surface area contributed by atoms with Crippen molar-refractivity contribution in [2.75, 3.05) is 5.32 Å². The molecule has 0 spiro atoms. The number of aromatic nitrogens is 1. The Labute approximate surface area is 108 Å². The summed E-state index contributed by atoms with van der Waals surface area (Å²) < 4.78 is 13.2. The molecule has 2 aromatic rings. The number of hydrogen-bond donors (Lipinski definition) is 2. The maximum Gasteiger partial charge on any atom is 0.251 e. The summed E-state index contributed by atoms with van der Waals surface area (Å²) in [4.78, 5) is 15.3. The van der Waals surface area contributed by atoms with Crippen LogP contribution in [0.3, 0.4) is 0 Å². The molecular weight excluding hydrogens is 253 g/mol. The van der Waals surface area contributed by atoms with Crippen molar-refractivity contribution in [1.82, 2.24) is 4.98 Å². The van der Waals surface area contributed by atoms with E-state index in [-0.39, 0.29) is 5.56 Å². The standard InChI is InChI=1S/C12H12FN3OS/c1-7-6-18-11(16-7)5-15-8-2-3-10(13)9(4-8)12(14)17/h2-4,6,15H,5H2,1H3,(H2,14,17). The van der Waals surface area contributed by atoms with Crippen molar-refractivity contribution in [1.29, 1.82) is 0 Å². The molecule has 0 aliphatic heterocycles. The van der Waals surface area contributed by atoms with Crippen molar-refractivity contribution >= 4 is 22.9 Å². The predicted molar refractivity (Wildman–Crippen MR) is 69.1 cm³/mol. The molecule has 4 nitrogen and oxygen atoms in total. The van der Waals surface area contributed by atoms with Crippen LogP contribution in [0.4, 0.5) is 10.1 Å². The van der Waals surface area contributed by atoms with E-state index >= 15 is 0 Å². The van der Waals surface area contributed by atoms with E-state index in [2.05, 4.69) is 10.3 Å². The minimum Gasteiger partial charge on any atom is -0.379 e. The number of benzene rings is 1. The Bertz CT molecular complexity index is 582. The number of nitrogens with two attached hydrogens (primary N) is 1. The fraction of sp³-hybridized carbons (Fsp3) is 0.167. The highest BCUT2D eigenvalue weighted by atomic mass is 32.1. The van der Waals surface area contributed by atoms with Gasteiger partial charge in [-0.1, -0.05) is 0 Å². The summed E-state index contributed by atoms with van der Waals surface area (Å²) in [5, 5.41) is 5.95. The van der Waals surface area contributed by atoms with Gasteiger partial charge in [-0.05, 0) is 25.1 Å². The fourth-order valence-corrected chi connectivity index (χ4v) is 2.20. The number of primary amides is 1. The Morgan fingerprint density at radius 2 is 2.33 bits per heavy atom. The third-order valence-electron chi connectivity index (χ3n) is 2.34. The summed E-state index contributed by atoms with van der Waals surface area (Å²) in [5.74, 6) is -1.39. The van der Waals surface area contributed by atoms with E-state index in [0.717, 1.165) is 10.7 Å². The van der Waals surface area contributed by atoms with E-state index in [0.29, 0.717) is 12.2 Å². The van der Waals surface area contributed by atoms with Crippen LogP contribution in [-0.4, -0.2) is 10.9 Å². The fourth-order valence-electron chi connectivity index (χ4n) is 1.49. The van der Waals surface area contributed by atoms with E-state index < -0.39 is 11.7 Å². The third-order valence-corrected chi connectivity index (χ3v) is 3.31. The van der Waals surface area contributed by atoms with E-state index in [1.807, 2.05) is 12.3 Å². The molecule has 0 unspecified atom stereocenters. The maximum absolute atomic E-state index is 13.2. The zero-order valence-electron chi connectivity index (χ0n) is 9.74. The Morgan fingerprint density at radius 1 is 1.56 bits per heavy atom. The number of aryl methyl sites for hydroxylation is 1. The highest BCUT2D eigenvalue weighted by Crippen LogP contribution is 2.16. The van der Waals surface area contributed by atoms with Gasteiger partial charge >= 0.3 is 0 Å². The molecule has 0 bridgehead atoms. The first-order valence-electron chi connectivity index (χ1n) is 5.30. The Hall–Kier alpha value is -1.95. The minimum atomic E-state index is -0.777. The molecule has 0 aliphatic carbocycles. The molecule has 94 valence electrons. The van der Waals surface area contributed by atoms with Gasteiger partial charge in [0.25, 0.3) is 5.91 Å². The van der Waals surface area contributed by atoms with E-state index in [1.165, 1.54) is 12.1 Å². The second kappa shape index (κ2) is 5.14. The number of nitrogens with one attached hydrogen (secondary N) is 1. The second-order valence-electron chi connectivity index (χ2n) is 3.80. The largest absolute Gasteiger partial charge is 0.379 e. The number of hydrogen-bond acceptors (Lipinski definition) is 4. The lowest BCUT2D eigenvalue weighted by molar-refractivity contribution is 0.0996. The normalized spacial score (nSPS) is 10.3. The van der Waals surface area contributed by atoms with Crippen LogP contribution in [0.5, 0.6) is 0 Å². The van der Waals surface area contributed by atoms with Gasteiger partial charge in [-0.2, -0.15) is 0 Å². The Balaban J connectivity index is 2.10. The summed E-state index contributed by atoms with van der Waals surface area (Å²) in [7, 11) is 0. The van der Waals surface area contributed by atoms with Crippen molar-refractivity contribution in [2.24, 2.45) is 5.73 Å². The number of carbonyl (C=O) groups is 1. The van der Waals surface area contributed by atoms with Crippen LogP contribution in [-0.2, 0) is 6.54 Å². The first kappa shape index (κ1) is 12.5. The number of carbonyl (C=O) groups excluding carboxylic acids is 1. The molecule has 1 amide bonds. The lowest BCUT2D eigenvalue weighted by Crippen LogP contribution is -2.13. The van der Waals surface area contributed by atoms with Crippen LogP contribution in [0.15, 0.2) is 23.6 Å². The summed E-state index contributed by atoms with van der Waals surface area (Å²) in [6.07, 6.45) is 0. The van der Waals surface area contributed by atoms with Gasteiger partial charge in [0.15, 0.2) is 0 Å². The second-order valence-corrected chi connectivity index (χ2v) is 4.74. The van der Waals surface area contributed by atoms with Gasteiger partial charge in [-0.25, -0.2) is 9.37 Å². The van der Waals surface area contributed by atoms with Crippen molar-refractivity contribution in [2.45, 2.75) is 13.5 Å². The highest BCUT2D eigenvalue weighted by Gasteiger charge is 2.09. The Kier molecular flexibility index (Phi) is 3.57. The highest BCUT2D eigenvalue weighted by molar-refractivity contribution is 7.09. The molecule has 0 saturated carbocycles. The predicted octanol–water partition coefficient (Wildman–Crippen LogP) is 2.30. The first-order valence-corrected chi connectivity index (χ1v) is 6.18. The van der Waals surface area contributed by atoms with Crippen LogP contribution in [0.25, 0.3) is 0 Å². The van der Waals surface area contributed by atoms with E-state index in [1.54, 1.807) is 17.4 Å². The molecule has 0 fully saturated rings. The van der Waals surface area contributed by atoms with Gasteiger partial charge in [0.1, 0.15) is 10.8 Å². The van der Waals surface area contributed by atoms with Crippen molar-refractivity contribution in [3.05, 3.63) is 45.7 Å². The lowest BCUT2D eigenvalue weighted by atomic mass is 10.2. The molecule has 0 radical (unpaired) electrons. The van der Waals surface area contributed by atoms with Gasteiger partial charge < -0.3 is 11.1 Å². The van der Waals surface area contributed by atoms with Gasteiger partial charge in [-0.15, -0.1) is 11.3 Å². The molecule has 6 heteroatoms. The average Bonchev–Trinajstić information content (AvgIpc) is 2.74. The number of thiazole rings is 1.